The Morgan fingerprint density at radius 2 is 1.53 bits per heavy atom. The fourth-order valence-corrected chi connectivity index (χ4v) is 2.69. The summed E-state index contributed by atoms with van der Waals surface area (Å²) in [6.07, 6.45) is 2.47. The first-order valence-corrected chi connectivity index (χ1v) is 7.64. The Morgan fingerprint density at radius 3 is 1.95 bits per heavy atom. The smallest absolute Gasteiger partial charge is 0.0106 e. The van der Waals surface area contributed by atoms with Crippen LogP contribution in [0.5, 0.6) is 0 Å². The third-order valence-corrected chi connectivity index (χ3v) is 4.60. The molecule has 19 heavy (non-hydrogen) atoms. The molecule has 0 aliphatic carbocycles. The van der Waals surface area contributed by atoms with E-state index in [2.05, 4.69) is 73.6 Å². The van der Waals surface area contributed by atoms with Crippen molar-refractivity contribution in [3.8, 4) is 0 Å². The van der Waals surface area contributed by atoms with Crippen LogP contribution >= 0.6 is 0 Å². The second-order valence-electron chi connectivity index (χ2n) is 8.00. The maximum absolute atomic E-state index is 2.42. The molecular weight excluding hydrogens is 228 g/mol. The summed E-state index contributed by atoms with van der Waals surface area (Å²) in [5.41, 5.74) is 5.06. The highest BCUT2D eigenvalue weighted by molar-refractivity contribution is 5.33. The molecule has 0 amide bonds. The summed E-state index contributed by atoms with van der Waals surface area (Å²) in [7, 11) is 0. The van der Waals surface area contributed by atoms with Crippen molar-refractivity contribution in [2.75, 3.05) is 0 Å². The standard InChI is InChI=1S/C19H32/c1-9-19(7,8)17(13-18(4,5)6)16-11-10-14(2)15(3)12-16/h10-12,17H,9,13H2,1-8H3. The van der Waals surface area contributed by atoms with Gasteiger partial charge in [-0.3, -0.25) is 0 Å². The Balaban J connectivity index is 3.19. The van der Waals surface area contributed by atoms with Crippen molar-refractivity contribution in [1.82, 2.24) is 0 Å². The number of benzene rings is 1. The van der Waals surface area contributed by atoms with Gasteiger partial charge >= 0.3 is 0 Å². The van der Waals surface area contributed by atoms with Gasteiger partial charge in [0.25, 0.3) is 0 Å². The molecule has 1 atom stereocenters. The van der Waals surface area contributed by atoms with Gasteiger partial charge in [-0.15, -0.1) is 0 Å². The fourth-order valence-electron chi connectivity index (χ4n) is 2.69. The maximum atomic E-state index is 2.42. The molecule has 0 heterocycles. The highest BCUT2D eigenvalue weighted by Gasteiger charge is 2.32. The maximum Gasteiger partial charge on any atom is -0.0106 e. The molecule has 1 aromatic rings. The Morgan fingerprint density at radius 1 is 0.947 bits per heavy atom. The molecule has 0 spiro atoms. The molecule has 0 aliphatic rings. The van der Waals surface area contributed by atoms with Crippen LogP contribution < -0.4 is 0 Å². The second kappa shape index (κ2) is 5.69. The van der Waals surface area contributed by atoms with E-state index in [0.29, 0.717) is 16.7 Å². The molecule has 0 nitrogen and oxygen atoms in total. The zero-order valence-electron chi connectivity index (χ0n) is 14.2. The van der Waals surface area contributed by atoms with E-state index in [-0.39, 0.29) is 0 Å². The van der Waals surface area contributed by atoms with Gasteiger partial charge in [0.15, 0.2) is 0 Å². The van der Waals surface area contributed by atoms with Crippen LogP contribution in [0.3, 0.4) is 0 Å². The third-order valence-electron chi connectivity index (χ3n) is 4.60. The minimum Gasteiger partial charge on any atom is -0.0649 e. The van der Waals surface area contributed by atoms with Gasteiger partial charge in [0, 0.05) is 0 Å². The summed E-state index contributed by atoms with van der Waals surface area (Å²) in [5, 5.41) is 0. The quantitative estimate of drug-likeness (QED) is 0.599. The lowest BCUT2D eigenvalue weighted by molar-refractivity contribution is 0.203. The van der Waals surface area contributed by atoms with Gasteiger partial charge in [0.05, 0.1) is 0 Å². The lowest BCUT2D eigenvalue weighted by Crippen LogP contribution is -2.26. The fraction of sp³-hybridized carbons (Fsp3) is 0.684. The summed E-state index contributed by atoms with van der Waals surface area (Å²) >= 11 is 0. The Hall–Kier alpha value is -0.780. The number of rotatable bonds is 4. The van der Waals surface area contributed by atoms with Gasteiger partial charge in [-0.25, -0.2) is 0 Å². The first-order chi connectivity index (χ1) is 8.57. The van der Waals surface area contributed by atoms with E-state index in [4.69, 9.17) is 0 Å². The molecule has 0 saturated carbocycles. The molecule has 0 saturated heterocycles. The van der Waals surface area contributed by atoms with Crippen molar-refractivity contribution in [3.63, 3.8) is 0 Å². The van der Waals surface area contributed by atoms with Crippen molar-refractivity contribution < 1.29 is 0 Å². The molecule has 1 unspecified atom stereocenters. The van der Waals surface area contributed by atoms with Crippen LogP contribution in [0, 0.1) is 24.7 Å². The van der Waals surface area contributed by atoms with Crippen LogP contribution in [-0.2, 0) is 0 Å². The molecule has 0 N–H and O–H groups in total. The zero-order chi connectivity index (χ0) is 14.8. The van der Waals surface area contributed by atoms with Crippen LogP contribution in [-0.4, -0.2) is 0 Å². The molecule has 1 rings (SSSR count). The summed E-state index contributed by atoms with van der Waals surface area (Å²) in [6, 6.07) is 7.03. The largest absolute Gasteiger partial charge is 0.0649 e. The van der Waals surface area contributed by atoms with Crippen LogP contribution in [0.1, 0.15) is 77.0 Å². The minimum absolute atomic E-state index is 0.356. The van der Waals surface area contributed by atoms with Crippen LogP contribution in [0.2, 0.25) is 0 Å². The minimum atomic E-state index is 0.356. The van der Waals surface area contributed by atoms with E-state index < -0.39 is 0 Å². The monoisotopic (exact) mass is 260 g/mol. The van der Waals surface area contributed by atoms with Gasteiger partial charge < -0.3 is 0 Å². The predicted molar refractivity (Wildman–Crippen MR) is 86.8 cm³/mol. The number of hydrogen-bond acceptors (Lipinski definition) is 0. The SMILES string of the molecule is CCC(C)(C)C(CC(C)(C)C)c1ccc(C)c(C)c1. The lowest BCUT2D eigenvalue weighted by atomic mass is 9.67. The number of hydrogen-bond donors (Lipinski definition) is 0. The molecule has 0 fully saturated rings. The van der Waals surface area contributed by atoms with Crippen molar-refractivity contribution in [1.29, 1.82) is 0 Å². The van der Waals surface area contributed by atoms with E-state index >= 15 is 0 Å². The van der Waals surface area contributed by atoms with Crippen LogP contribution in [0.4, 0.5) is 0 Å². The molecule has 108 valence electrons. The molecule has 0 aliphatic heterocycles. The van der Waals surface area contributed by atoms with Crippen molar-refractivity contribution in [2.24, 2.45) is 10.8 Å². The van der Waals surface area contributed by atoms with Crippen LogP contribution in [0.15, 0.2) is 18.2 Å². The predicted octanol–water partition coefficient (Wildman–Crippen LogP) is 6.26. The van der Waals surface area contributed by atoms with Gasteiger partial charge in [-0.2, -0.15) is 0 Å². The second-order valence-corrected chi connectivity index (χ2v) is 8.00. The molecule has 0 bridgehead atoms. The summed E-state index contributed by atoms with van der Waals surface area (Å²) < 4.78 is 0. The normalized spacial score (nSPS) is 14.5. The topological polar surface area (TPSA) is 0 Å². The molecule has 0 aromatic heterocycles. The Labute approximate surface area is 120 Å². The average Bonchev–Trinajstić information content (AvgIpc) is 2.28. The van der Waals surface area contributed by atoms with E-state index in [1.54, 1.807) is 0 Å². The Kier molecular flexibility index (Phi) is 4.87. The first-order valence-electron chi connectivity index (χ1n) is 7.64. The molecule has 0 heteroatoms. The van der Waals surface area contributed by atoms with Gasteiger partial charge in [0.2, 0.25) is 0 Å². The third kappa shape index (κ3) is 4.37. The first kappa shape index (κ1) is 16.3. The van der Waals surface area contributed by atoms with E-state index in [0.717, 1.165) is 0 Å². The highest BCUT2D eigenvalue weighted by atomic mass is 14.4. The number of aryl methyl sites for hydroxylation is 2. The summed E-state index contributed by atoms with van der Waals surface area (Å²) in [6.45, 7) is 18.6. The summed E-state index contributed by atoms with van der Waals surface area (Å²) in [5.74, 6) is 0.636. The molecular formula is C19H32. The van der Waals surface area contributed by atoms with Gasteiger partial charge in [-0.05, 0) is 53.7 Å². The molecule has 1 aromatic carbocycles. The zero-order valence-corrected chi connectivity index (χ0v) is 14.2. The average molecular weight is 260 g/mol. The van der Waals surface area contributed by atoms with E-state index in [1.165, 1.54) is 29.5 Å². The molecule has 0 radical (unpaired) electrons. The van der Waals surface area contributed by atoms with Gasteiger partial charge in [0.1, 0.15) is 0 Å². The van der Waals surface area contributed by atoms with Gasteiger partial charge in [-0.1, -0.05) is 66.2 Å². The Bertz CT molecular complexity index is 418. The van der Waals surface area contributed by atoms with Crippen molar-refractivity contribution in [2.45, 2.75) is 74.1 Å². The van der Waals surface area contributed by atoms with Crippen molar-refractivity contribution in [3.05, 3.63) is 34.9 Å². The lowest BCUT2D eigenvalue weighted by Gasteiger charge is -2.38. The highest BCUT2D eigenvalue weighted by Crippen LogP contribution is 2.45. The van der Waals surface area contributed by atoms with E-state index in [1.807, 2.05) is 0 Å². The van der Waals surface area contributed by atoms with Crippen molar-refractivity contribution >= 4 is 0 Å². The summed E-state index contributed by atoms with van der Waals surface area (Å²) in [4.78, 5) is 0. The van der Waals surface area contributed by atoms with Crippen LogP contribution in [0.25, 0.3) is 0 Å². The van der Waals surface area contributed by atoms with E-state index in [9.17, 15) is 0 Å².